The first kappa shape index (κ1) is 19.8. The molecule has 0 atom stereocenters. The molecule has 1 aliphatic rings. The van der Waals surface area contributed by atoms with Crippen molar-refractivity contribution in [2.75, 3.05) is 38.7 Å². The van der Waals surface area contributed by atoms with Crippen molar-refractivity contribution in [2.45, 2.75) is 18.6 Å². The highest BCUT2D eigenvalue weighted by molar-refractivity contribution is 7.99. The van der Waals surface area contributed by atoms with E-state index < -0.39 is 0 Å². The van der Waals surface area contributed by atoms with E-state index in [-0.39, 0.29) is 5.91 Å². The van der Waals surface area contributed by atoms with Crippen LogP contribution < -0.4 is 4.74 Å². The molecule has 2 aromatic carbocycles. The van der Waals surface area contributed by atoms with Crippen LogP contribution in [0.3, 0.4) is 0 Å². The molecule has 0 bridgehead atoms. The van der Waals surface area contributed by atoms with E-state index in [9.17, 15) is 4.79 Å². The maximum Gasteiger partial charge on any atom is 0.242 e. The van der Waals surface area contributed by atoms with E-state index in [1.807, 2.05) is 58.0 Å². The monoisotopic (exact) mass is 411 g/mol. The van der Waals surface area contributed by atoms with Gasteiger partial charge in [0.25, 0.3) is 0 Å². The lowest BCUT2D eigenvalue weighted by Crippen LogP contribution is -2.42. The summed E-state index contributed by atoms with van der Waals surface area (Å²) < 4.78 is 13.2. The summed E-state index contributed by atoms with van der Waals surface area (Å²) in [6.45, 7) is 5.44. The van der Waals surface area contributed by atoms with Gasteiger partial charge in [-0.2, -0.15) is 0 Å². The molecule has 1 fully saturated rings. The van der Waals surface area contributed by atoms with E-state index in [1.165, 1.54) is 5.56 Å². The molecule has 29 heavy (non-hydrogen) atoms. The van der Waals surface area contributed by atoms with E-state index in [0.29, 0.717) is 39.5 Å². The fourth-order valence-electron chi connectivity index (χ4n) is 3.29. The van der Waals surface area contributed by atoms with Gasteiger partial charge in [-0.1, -0.05) is 41.6 Å². The number of morpholine rings is 1. The molecule has 6 nitrogen and oxygen atoms in total. The summed E-state index contributed by atoms with van der Waals surface area (Å²) in [5, 5.41) is 0.848. The minimum absolute atomic E-state index is 0.106. The normalized spacial score (nSPS) is 14.3. The minimum Gasteiger partial charge on any atom is -0.493 e. The minimum atomic E-state index is 0.106. The molecule has 3 aromatic rings. The highest BCUT2D eigenvalue weighted by Crippen LogP contribution is 2.24. The Morgan fingerprint density at radius 2 is 1.90 bits per heavy atom. The van der Waals surface area contributed by atoms with Crippen molar-refractivity contribution in [1.29, 1.82) is 0 Å². The number of ether oxygens (including phenoxy) is 2. The zero-order chi connectivity index (χ0) is 20.1. The van der Waals surface area contributed by atoms with Gasteiger partial charge in [0.2, 0.25) is 5.91 Å². The van der Waals surface area contributed by atoms with E-state index in [2.05, 4.69) is 6.92 Å². The van der Waals surface area contributed by atoms with Crippen molar-refractivity contribution in [1.82, 2.24) is 14.5 Å². The predicted molar refractivity (Wildman–Crippen MR) is 115 cm³/mol. The average Bonchev–Trinajstić information content (AvgIpc) is 3.10. The largest absolute Gasteiger partial charge is 0.493 e. The summed E-state index contributed by atoms with van der Waals surface area (Å²) in [5.74, 6) is 1.73. The Kier molecular flexibility index (Phi) is 6.36. The first-order chi connectivity index (χ1) is 14.2. The average molecular weight is 412 g/mol. The molecule has 2 heterocycles. The van der Waals surface area contributed by atoms with Gasteiger partial charge >= 0.3 is 0 Å². The fraction of sp³-hybridized carbons (Fsp3) is 0.364. The highest BCUT2D eigenvalue weighted by Gasteiger charge is 2.20. The number of rotatable bonds is 7. The number of aromatic nitrogens is 2. The van der Waals surface area contributed by atoms with Crippen molar-refractivity contribution in [3.63, 3.8) is 0 Å². The van der Waals surface area contributed by atoms with Crippen molar-refractivity contribution in [3.05, 3.63) is 54.1 Å². The van der Waals surface area contributed by atoms with Gasteiger partial charge in [0.05, 0.1) is 30.9 Å². The molecule has 1 saturated heterocycles. The van der Waals surface area contributed by atoms with E-state index >= 15 is 0 Å². The Morgan fingerprint density at radius 3 is 2.69 bits per heavy atom. The summed E-state index contributed by atoms with van der Waals surface area (Å²) >= 11 is 1.62. The molecule has 1 aromatic heterocycles. The Balaban J connectivity index is 1.43. The van der Waals surface area contributed by atoms with Crippen LogP contribution in [0, 0.1) is 6.92 Å². The number of hydrogen-bond donors (Lipinski definition) is 0. The summed E-state index contributed by atoms with van der Waals surface area (Å²) in [5.41, 5.74) is 3.10. The highest BCUT2D eigenvalue weighted by atomic mass is 32.2. The van der Waals surface area contributed by atoms with Gasteiger partial charge in [0.1, 0.15) is 12.3 Å². The van der Waals surface area contributed by atoms with E-state index in [4.69, 9.17) is 14.5 Å². The first-order valence-corrected chi connectivity index (χ1v) is 10.8. The number of aryl methyl sites for hydroxylation is 1. The number of carbonyl (C=O) groups excluding carboxylic acids is 1. The number of para-hydroxylation sites is 2. The second kappa shape index (κ2) is 9.33. The molecular formula is C22H25N3O3S. The van der Waals surface area contributed by atoms with Gasteiger partial charge in [-0.25, -0.2) is 4.98 Å². The summed E-state index contributed by atoms with van der Waals surface area (Å²) in [6, 6.07) is 16.0. The topological polar surface area (TPSA) is 56.6 Å². The van der Waals surface area contributed by atoms with Gasteiger partial charge in [0.15, 0.2) is 5.16 Å². The SMILES string of the molecule is Cc1ccc(OCCSc2nc3ccccc3n2CC(=O)N2CCOCC2)cc1. The Morgan fingerprint density at radius 1 is 1.14 bits per heavy atom. The smallest absolute Gasteiger partial charge is 0.242 e. The molecular weight excluding hydrogens is 386 g/mol. The van der Waals surface area contributed by atoms with Crippen LogP contribution in [0.25, 0.3) is 11.0 Å². The summed E-state index contributed by atoms with van der Waals surface area (Å²) in [4.78, 5) is 19.4. The van der Waals surface area contributed by atoms with Gasteiger partial charge < -0.3 is 18.9 Å². The lowest BCUT2D eigenvalue weighted by atomic mass is 10.2. The Bertz CT molecular complexity index is 965. The molecule has 0 aliphatic carbocycles. The maximum absolute atomic E-state index is 12.8. The zero-order valence-corrected chi connectivity index (χ0v) is 17.4. The molecule has 0 unspecified atom stereocenters. The predicted octanol–water partition coefficient (Wildman–Crippen LogP) is 3.37. The lowest BCUT2D eigenvalue weighted by molar-refractivity contribution is -0.135. The first-order valence-electron chi connectivity index (χ1n) is 9.84. The maximum atomic E-state index is 12.8. The second-order valence-electron chi connectivity index (χ2n) is 6.97. The molecule has 0 radical (unpaired) electrons. The number of hydrogen-bond acceptors (Lipinski definition) is 5. The third-order valence-electron chi connectivity index (χ3n) is 4.88. The quantitative estimate of drug-likeness (QED) is 0.441. The standard InChI is InChI=1S/C22H25N3O3S/c1-17-6-8-18(9-7-17)28-14-15-29-22-23-19-4-2-3-5-20(19)25(22)16-21(26)24-10-12-27-13-11-24/h2-9H,10-16H2,1H3. The van der Waals surface area contributed by atoms with Crippen molar-refractivity contribution in [3.8, 4) is 5.75 Å². The molecule has 1 aliphatic heterocycles. The van der Waals surface area contributed by atoms with Crippen LogP contribution in [0.4, 0.5) is 0 Å². The third kappa shape index (κ3) is 4.92. The van der Waals surface area contributed by atoms with Crippen molar-refractivity contribution >= 4 is 28.7 Å². The molecule has 0 N–H and O–H groups in total. The summed E-state index contributed by atoms with van der Waals surface area (Å²) in [7, 11) is 0. The Hall–Kier alpha value is -2.51. The van der Waals surface area contributed by atoms with Gasteiger partial charge in [-0.05, 0) is 31.2 Å². The van der Waals surface area contributed by atoms with Crippen LogP contribution in [0.1, 0.15) is 5.56 Å². The van der Waals surface area contributed by atoms with Gasteiger partial charge in [-0.15, -0.1) is 0 Å². The van der Waals surface area contributed by atoms with Crippen LogP contribution in [-0.4, -0.2) is 59.0 Å². The van der Waals surface area contributed by atoms with E-state index in [0.717, 1.165) is 27.7 Å². The fourth-order valence-corrected chi connectivity index (χ4v) is 4.12. The number of nitrogens with zero attached hydrogens (tertiary/aromatic N) is 3. The van der Waals surface area contributed by atoms with Crippen molar-refractivity contribution in [2.24, 2.45) is 0 Å². The number of benzene rings is 2. The summed E-state index contributed by atoms with van der Waals surface area (Å²) in [6.07, 6.45) is 0. The molecule has 7 heteroatoms. The van der Waals surface area contributed by atoms with Gasteiger partial charge in [-0.3, -0.25) is 4.79 Å². The third-order valence-corrected chi connectivity index (χ3v) is 5.82. The molecule has 1 amide bonds. The molecule has 0 spiro atoms. The van der Waals surface area contributed by atoms with Crippen molar-refractivity contribution < 1.29 is 14.3 Å². The molecule has 0 saturated carbocycles. The van der Waals surface area contributed by atoms with E-state index in [1.54, 1.807) is 11.8 Å². The number of imidazole rings is 1. The van der Waals surface area contributed by atoms with Crippen LogP contribution in [0.5, 0.6) is 5.75 Å². The number of carbonyl (C=O) groups is 1. The van der Waals surface area contributed by atoms with Crippen LogP contribution in [-0.2, 0) is 16.1 Å². The number of thioether (sulfide) groups is 1. The second-order valence-corrected chi connectivity index (χ2v) is 8.03. The Labute approximate surface area is 174 Å². The zero-order valence-electron chi connectivity index (χ0n) is 16.5. The van der Waals surface area contributed by atoms with Gasteiger partial charge in [0, 0.05) is 18.8 Å². The molecule has 152 valence electrons. The lowest BCUT2D eigenvalue weighted by Gasteiger charge is -2.27. The number of amides is 1. The van der Waals surface area contributed by atoms with Crippen LogP contribution in [0.15, 0.2) is 53.7 Å². The number of fused-ring (bicyclic) bond motifs is 1. The van der Waals surface area contributed by atoms with Crippen LogP contribution in [0.2, 0.25) is 0 Å². The molecule has 4 rings (SSSR count). The van der Waals surface area contributed by atoms with Crippen LogP contribution >= 0.6 is 11.8 Å².